The van der Waals surface area contributed by atoms with E-state index in [1.54, 1.807) is 35.4 Å². The highest BCUT2D eigenvalue weighted by molar-refractivity contribution is 6.31. The average Bonchev–Trinajstić information content (AvgIpc) is 3.56. The Labute approximate surface area is 390 Å². The summed E-state index contributed by atoms with van der Waals surface area (Å²) in [6.45, 7) is 2.29. The monoisotopic (exact) mass is 921 g/mol. The van der Waals surface area contributed by atoms with Crippen LogP contribution in [0.2, 0.25) is 5.02 Å². The van der Waals surface area contributed by atoms with E-state index in [1.807, 2.05) is 36.4 Å². The van der Waals surface area contributed by atoms with E-state index in [-0.39, 0.29) is 36.1 Å². The minimum Gasteiger partial charge on any atom is -0.379 e. The maximum Gasteiger partial charge on any atom is 0.255 e. The number of halogens is 3. The highest BCUT2D eigenvalue weighted by Gasteiger charge is 2.39. The number of nitrogens with one attached hydrogen (secondary N) is 4. The molecule has 3 amide bonds. The molecule has 4 aliphatic rings. The van der Waals surface area contributed by atoms with Crippen molar-refractivity contribution < 1.29 is 27.9 Å². The molecule has 4 N–H and O–H groups in total. The molecule has 16 heteroatoms. The number of carbonyl (C=O) groups is 3. The van der Waals surface area contributed by atoms with Gasteiger partial charge in [-0.1, -0.05) is 53.8 Å². The highest BCUT2D eigenvalue weighted by Crippen LogP contribution is 2.36. The highest BCUT2D eigenvalue weighted by atomic mass is 35.5. The summed E-state index contributed by atoms with van der Waals surface area (Å²) in [5.74, 6) is 4.39. The van der Waals surface area contributed by atoms with Crippen molar-refractivity contribution >= 4 is 46.7 Å². The number of carbonyl (C=O) groups excluding carboxylic acids is 3. The van der Waals surface area contributed by atoms with Gasteiger partial charge in [0.25, 0.3) is 5.91 Å². The molecular weight excluding hydrogens is 876 g/mol. The van der Waals surface area contributed by atoms with Gasteiger partial charge in [0, 0.05) is 94.5 Å². The van der Waals surface area contributed by atoms with Crippen LogP contribution < -0.4 is 16.0 Å². The number of aromatic nitrogens is 4. The van der Waals surface area contributed by atoms with Gasteiger partial charge in [0.2, 0.25) is 17.8 Å². The molecule has 4 aromatic carbocycles. The van der Waals surface area contributed by atoms with Crippen LogP contribution in [0.3, 0.4) is 0 Å². The lowest BCUT2D eigenvalue weighted by atomic mass is 9.91. The number of ether oxygens (including phenoxy) is 1. The Balaban J connectivity index is 0.660. The molecule has 0 spiro atoms. The number of aliphatic imine (C=N–C) groups is 1. The number of anilines is 2. The van der Waals surface area contributed by atoms with Gasteiger partial charge >= 0.3 is 0 Å². The second-order valence-corrected chi connectivity index (χ2v) is 17.6. The van der Waals surface area contributed by atoms with E-state index in [0.717, 1.165) is 60.3 Å². The summed E-state index contributed by atoms with van der Waals surface area (Å²) in [4.78, 5) is 52.6. The van der Waals surface area contributed by atoms with E-state index in [9.17, 15) is 23.2 Å². The molecule has 1 atom stereocenters. The Morgan fingerprint density at radius 3 is 2.48 bits per heavy atom. The van der Waals surface area contributed by atoms with Gasteiger partial charge in [-0.3, -0.25) is 34.5 Å². The fourth-order valence-corrected chi connectivity index (χ4v) is 9.54. The normalized spacial score (nSPS) is 18.9. The van der Waals surface area contributed by atoms with Crippen molar-refractivity contribution in [1.29, 1.82) is 0 Å². The summed E-state index contributed by atoms with van der Waals surface area (Å²) in [6, 6.07) is 22.6. The number of fused-ring (bicyclic) bond motifs is 4. The Kier molecular flexibility index (Phi) is 12.5. The number of hydrogen-bond donors (Lipinski definition) is 4. The van der Waals surface area contributed by atoms with Crippen LogP contribution in [0.15, 0.2) is 96.2 Å². The van der Waals surface area contributed by atoms with E-state index in [0.29, 0.717) is 83.6 Å². The van der Waals surface area contributed by atoms with Gasteiger partial charge in [-0.2, -0.15) is 0 Å². The Morgan fingerprint density at radius 1 is 0.896 bits per heavy atom. The molecule has 2 aromatic heterocycles. The van der Waals surface area contributed by atoms with Crippen LogP contribution in [-0.2, 0) is 27.4 Å². The van der Waals surface area contributed by atoms with Crippen LogP contribution in [0.1, 0.15) is 89.2 Å². The first-order valence-corrected chi connectivity index (χ1v) is 22.9. The van der Waals surface area contributed by atoms with E-state index < -0.39 is 23.6 Å². The first kappa shape index (κ1) is 43.9. The van der Waals surface area contributed by atoms with Gasteiger partial charge in [0.15, 0.2) is 0 Å². The van der Waals surface area contributed by atoms with Crippen LogP contribution in [0.25, 0.3) is 22.5 Å². The van der Waals surface area contributed by atoms with Crippen LogP contribution in [0, 0.1) is 23.5 Å². The molecule has 6 aromatic rings. The zero-order chi connectivity index (χ0) is 46.0. The van der Waals surface area contributed by atoms with Crippen LogP contribution >= 0.6 is 11.6 Å². The van der Waals surface area contributed by atoms with E-state index in [1.165, 1.54) is 18.2 Å². The lowest BCUT2D eigenvalue weighted by molar-refractivity contribution is -0.136. The summed E-state index contributed by atoms with van der Waals surface area (Å²) in [7, 11) is 0. The molecule has 2 fully saturated rings. The predicted molar refractivity (Wildman–Crippen MR) is 250 cm³/mol. The minimum atomic E-state index is -0.708. The summed E-state index contributed by atoms with van der Waals surface area (Å²) in [5, 5.41) is 13.2. The molecule has 3 aliphatic heterocycles. The van der Waals surface area contributed by atoms with E-state index >= 15 is 0 Å². The molecule has 10 rings (SSSR count). The fraction of sp³-hybridized carbons (Fsp3) is 0.294. The summed E-state index contributed by atoms with van der Waals surface area (Å²) in [6.07, 6.45) is 9.24. The molecule has 0 radical (unpaired) electrons. The smallest absolute Gasteiger partial charge is 0.255 e. The van der Waals surface area contributed by atoms with Crippen molar-refractivity contribution in [3.05, 3.63) is 141 Å². The van der Waals surface area contributed by atoms with Crippen LogP contribution in [0.4, 0.5) is 20.4 Å². The summed E-state index contributed by atoms with van der Waals surface area (Å²) < 4.78 is 38.0. The third-order valence-corrected chi connectivity index (χ3v) is 13.1. The van der Waals surface area contributed by atoms with E-state index in [2.05, 4.69) is 53.7 Å². The first-order valence-electron chi connectivity index (χ1n) is 22.5. The lowest BCUT2D eigenvalue weighted by Crippen LogP contribution is -2.52. The van der Waals surface area contributed by atoms with Gasteiger partial charge in [0.05, 0.1) is 42.4 Å². The zero-order valence-electron chi connectivity index (χ0n) is 36.4. The number of nitrogens with zero attached hydrogens (tertiary/aromatic N) is 5. The Morgan fingerprint density at radius 2 is 1.69 bits per heavy atom. The van der Waals surface area contributed by atoms with Crippen LogP contribution in [0.5, 0.6) is 0 Å². The van der Waals surface area contributed by atoms with Gasteiger partial charge in [-0.05, 0) is 86.2 Å². The molecule has 0 bridgehead atoms. The largest absolute Gasteiger partial charge is 0.379 e. The number of H-pyrrole nitrogens is 1. The number of imide groups is 1. The molecule has 1 unspecified atom stereocenters. The molecule has 1 saturated heterocycles. The molecular formula is C51H46ClF2N9O4. The van der Waals surface area contributed by atoms with Crippen molar-refractivity contribution in [2.24, 2.45) is 4.99 Å². The van der Waals surface area contributed by atoms with Crippen molar-refractivity contribution in [3.63, 3.8) is 0 Å². The molecule has 1 aliphatic carbocycles. The predicted octanol–water partition coefficient (Wildman–Crippen LogP) is 8.26. The maximum absolute atomic E-state index is 15.0. The second kappa shape index (κ2) is 19.1. The molecule has 5 heterocycles. The topological polar surface area (TPSA) is 159 Å². The Hall–Kier alpha value is -6.99. The average molecular weight is 922 g/mol. The SMILES string of the molecule is O=C1CCC(N2Cc3c(C#CCCOCCN[C@H]4CC[C@H](n5cc(-c6ccc(Nc7ncc8c(n7)-c7ccc(Cl)cc7C(c7c(F)cccc7F)=NC8)cc6)[nH]5)CC4)cccc3C2=O)C(=O)N1. The maximum atomic E-state index is 15.0. The molecule has 13 nitrogen and oxygen atoms in total. The molecule has 340 valence electrons. The zero-order valence-corrected chi connectivity index (χ0v) is 37.1. The first-order chi connectivity index (χ1) is 32.7. The van der Waals surface area contributed by atoms with Crippen molar-refractivity contribution in [2.45, 2.75) is 76.2 Å². The minimum absolute atomic E-state index is 0.135. The van der Waals surface area contributed by atoms with E-state index in [4.69, 9.17) is 21.3 Å². The number of amides is 3. The van der Waals surface area contributed by atoms with Gasteiger partial charge in [0.1, 0.15) is 17.7 Å². The van der Waals surface area contributed by atoms with Gasteiger partial charge in [-0.15, -0.1) is 0 Å². The Bertz CT molecular complexity index is 2950. The lowest BCUT2D eigenvalue weighted by Gasteiger charge is -2.32. The fourth-order valence-electron chi connectivity index (χ4n) is 9.37. The van der Waals surface area contributed by atoms with Crippen molar-refractivity contribution in [2.75, 3.05) is 25.1 Å². The number of hydrogen-bond acceptors (Lipinski definition) is 9. The molecule has 1 saturated carbocycles. The second-order valence-electron chi connectivity index (χ2n) is 17.1. The third kappa shape index (κ3) is 9.25. The van der Waals surface area contributed by atoms with Gasteiger partial charge < -0.3 is 20.3 Å². The number of benzene rings is 4. The van der Waals surface area contributed by atoms with Crippen LogP contribution in [-0.4, -0.2) is 79.9 Å². The number of rotatable bonds is 12. The molecule has 67 heavy (non-hydrogen) atoms. The summed E-state index contributed by atoms with van der Waals surface area (Å²) >= 11 is 6.38. The van der Waals surface area contributed by atoms with Crippen molar-refractivity contribution in [1.82, 2.24) is 35.3 Å². The van der Waals surface area contributed by atoms with Gasteiger partial charge in [-0.25, -0.2) is 18.7 Å². The number of aromatic amines is 1. The third-order valence-electron chi connectivity index (χ3n) is 12.9. The quantitative estimate of drug-likeness (QED) is 0.0543. The van der Waals surface area contributed by atoms with Crippen molar-refractivity contribution in [3.8, 4) is 34.4 Å². The standard InChI is InChI=1S/C51H46ClF2N9O4/c52-33-12-19-37-39(25-33)48(46-41(53)8-4-9-42(46)54)56-26-32-27-57-51(60-47(32)37)58-35-13-10-31(11-14-35)43-29-63(61-43)36-17-15-34(16-18-36)55-22-24-67-23-2-1-5-30-6-3-7-38-40(30)28-62(50(38)66)44-20-21-45(64)59-49(44)65/h3-4,6-14,19,25,27,29,34,36,44,55,61H,2,15-18,20-24,26,28H2,(H,57,58,60)(H,59,64,65)/t34-,36-,44?. The summed E-state index contributed by atoms with van der Waals surface area (Å²) in [5.41, 5.74) is 7.47. The number of piperidine rings is 1.